The van der Waals surface area contributed by atoms with Gasteiger partial charge in [0.2, 0.25) is 5.12 Å². The van der Waals surface area contributed by atoms with Crippen LogP contribution in [-0.2, 0) is 0 Å². The smallest absolute Gasteiger partial charge is 0.249 e. The van der Waals surface area contributed by atoms with Crippen molar-refractivity contribution in [1.82, 2.24) is 0 Å². The van der Waals surface area contributed by atoms with E-state index < -0.39 is 0 Å². The van der Waals surface area contributed by atoms with Crippen molar-refractivity contribution in [2.75, 3.05) is 0 Å². The van der Waals surface area contributed by atoms with Crippen LogP contribution in [0.15, 0.2) is 24.3 Å². The lowest BCUT2D eigenvalue weighted by Crippen LogP contribution is -1.86. The second kappa shape index (κ2) is 2.80. The third-order valence-electron chi connectivity index (χ3n) is 1.29. The summed E-state index contributed by atoms with van der Waals surface area (Å²) in [5.74, 6) is 0. The van der Waals surface area contributed by atoms with Crippen molar-refractivity contribution in [2.24, 2.45) is 0 Å². The van der Waals surface area contributed by atoms with E-state index in [1.54, 1.807) is 12.1 Å². The van der Waals surface area contributed by atoms with Gasteiger partial charge in [-0.05, 0) is 31.7 Å². The van der Waals surface area contributed by atoms with Gasteiger partial charge in [0.25, 0.3) is 0 Å². The number of benzene rings is 1. The monoisotopic (exact) mass is 151 g/mol. The lowest BCUT2D eigenvalue weighted by molar-refractivity contribution is 0.109. The maximum Gasteiger partial charge on any atom is 0.249 e. The van der Waals surface area contributed by atoms with E-state index in [-0.39, 0.29) is 5.12 Å². The summed E-state index contributed by atoms with van der Waals surface area (Å²) >= 11 is 4.45. The molecule has 0 heterocycles. The van der Waals surface area contributed by atoms with Gasteiger partial charge in [0, 0.05) is 5.56 Å². The number of rotatable bonds is 1. The SMILES string of the molecule is Cc1ccc(C(=O)[S])cc1. The van der Waals surface area contributed by atoms with Gasteiger partial charge in [-0.2, -0.15) is 0 Å². The molecule has 0 aliphatic carbocycles. The van der Waals surface area contributed by atoms with Gasteiger partial charge in [-0.25, -0.2) is 0 Å². The molecule has 1 nitrogen and oxygen atoms in total. The molecule has 0 saturated heterocycles. The molecule has 0 aliphatic heterocycles. The first kappa shape index (κ1) is 7.22. The first-order valence-corrected chi connectivity index (χ1v) is 3.39. The van der Waals surface area contributed by atoms with Crippen molar-refractivity contribution >= 4 is 17.7 Å². The van der Waals surface area contributed by atoms with Crippen LogP contribution in [0.2, 0.25) is 0 Å². The largest absolute Gasteiger partial charge is 0.276 e. The van der Waals surface area contributed by atoms with Crippen LogP contribution in [0.5, 0.6) is 0 Å². The van der Waals surface area contributed by atoms with Crippen molar-refractivity contribution in [3.8, 4) is 0 Å². The topological polar surface area (TPSA) is 17.1 Å². The molecule has 0 atom stereocenters. The number of aryl methyl sites for hydroxylation is 1. The Labute approximate surface area is 65.5 Å². The van der Waals surface area contributed by atoms with E-state index in [9.17, 15) is 4.79 Å². The van der Waals surface area contributed by atoms with Gasteiger partial charge in [0.1, 0.15) is 0 Å². The molecule has 1 aromatic carbocycles. The summed E-state index contributed by atoms with van der Waals surface area (Å²) in [7, 11) is 0. The van der Waals surface area contributed by atoms with E-state index >= 15 is 0 Å². The van der Waals surface area contributed by atoms with Crippen molar-refractivity contribution in [2.45, 2.75) is 6.92 Å². The summed E-state index contributed by atoms with van der Waals surface area (Å²) < 4.78 is 0. The standard InChI is InChI=1S/C8H7OS/c1-6-2-4-7(5-3-6)8(9)10/h2-5H,1H3. The zero-order valence-corrected chi connectivity index (χ0v) is 6.44. The average molecular weight is 151 g/mol. The van der Waals surface area contributed by atoms with E-state index in [0.717, 1.165) is 5.56 Å². The summed E-state index contributed by atoms with van der Waals surface area (Å²) in [6.45, 7) is 1.97. The van der Waals surface area contributed by atoms with E-state index in [2.05, 4.69) is 12.6 Å². The molecule has 0 saturated carbocycles. The molecule has 0 N–H and O–H groups in total. The average Bonchev–Trinajstić information content (AvgIpc) is 1.88. The second-order valence-corrected chi connectivity index (χ2v) is 2.52. The normalized spacial score (nSPS) is 9.30. The molecule has 1 aromatic rings. The van der Waals surface area contributed by atoms with Gasteiger partial charge in [0.05, 0.1) is 0 Å². The van der Waals surface area contributed by atoms with Crippen LogP contribution in [0, 0.1) is 6.92 Å². The third-order valence-corrected chi connectivity index (χ3v) is 1.52. The van der Waals surface area contributed by atoms with Crippen LogP contribution in [0.25, 0.3) is 0 Å². The zero-order valence-electron chi connectivity index (χ0n) is 5.63. The fourth-order valence-electron chi connectivity index (χ4n) is 0.690. The second-order valence-electron chi connectivity index (χ2n) is 2.15. The molecule has 0 bridgehead atoms. The molecule has 10 heavy (non-hydrogen) atoms. The van der Waals surface area contributed by atoms with Gasteiger partial charge < -0.3 is 0 Å². The lowest BCUT2D eigenvalue weighted by Gasteiger charge is -1.92. The van der Waals surface area contributed by atoms with Crippen molar-refractivity contribution in [1.29, 1.82) is 0 Å². The van der Waals surface area contributed by atoms with Crippen LogP contribution in [0.1, 0.15) is 15.9 Å². The Morgan fingerprint density at radius 3 is 2.20 bits per heavy atom. The van der Waals surface area contributed by atoms with E-state index in [4.69, 9.17) is 0 Å². The molecule has 0 spiro atoms. The Bertz CT molecular complexity index is 238. The predicted molar refractivity (Wildman–Crippen MR) is 43.1 cm³/mol. The van der Waals surface area contributed by atoms with Crippen molar-refractivity contribution < 1.29 is 4.79 Å². The van der Waals surface area contributed by atoms with Crippen LogP contribution in [0.3, 0.4) is 0 Å². The van der Waals surface area contributed by atoms with Gasteiger partial charge in [-0.1, -0.05) is 17.7 Å². The molecule has 0 fully saturated rings. The number of carbonyl (C=O) groups excluding carboxylic acids is 1. The van der Waals surface area contributed by atoms with Gasteiger partial charge in [-0.15, -0.1) is 0 Å². The Balaban J connectivity index is 3.00. The Morgan fingerprint density at radius 1 is 1.30 bits per heavy atom. The minimum atomic E-state index is -0.292. The number of hydrogen-bond donors (Lipinski definition) is 0. The summed E-state index contributed by atoms with van der Waals surface area (Å²) in [5, 5.41) is -0.292. The predicted octanol–water partition coefficient (Wildman–Crippen LogP) is 2.33. The fraction of sp³-hybridized carbons (Fsp3) is 0.125. The zero-order chi connectivity index (χ0) is 7.56. The molecule has 0 aromatic heterocycles. The highest BCUT2D eigenvalue weighted by atomic mass is 32.1. The molecule has 0 amide bonds. The number of hydrogen-bond acceptors (Lipinski definition) is 1. The summed E-state index contributed by atoms with van der Waals surface area (Å²) in [6.07, 6.45) is 0. The number of carbonyl (C=O) groups is 1. The first-order chi connectivity index (χ1) is 4.70. The first-order valence-electron chi connectivity index (χ1n) is 2.98. The molecule has 0 aliphatic rings. The molecular formula is C8H7OS. The van der Waals surface area contributed by atoms with Crippen molar-refractivity contribution in [3.05, 3.63) is 35.4 Å². The van der Waals surface area contributed by atoms with E-state index in [1.165, 1.54) is 0 Å². The summed E-state index contributed by atoms with van der Waals surface area (Å²) in [5.41, 5.74) is 1.74. The molecule has 1 rings (SSSR count). The maximum atomic E-state index is 10.6. The summed E-state index contributed by atoms with van der Waals surface area (Å²) in [4.78, 5) is 10.6. The van der Waals surface area contributed by atoms with Gasteiger partial charge >= 0.3 is 0 Å². The van der Waals surface area contributed by atoms with Gasteiger partial charge in [-0.3, -0.25) is 4.79 Å². The maximum absolute atomic E-state index is 10.6. The highest BCUT2D eigenvalue weighted by Gasteiger charge is 1.97. The van der Waals surface area contributed by atoms with E-state index in [0.29, 0.717) is 5.56 Å². The molecule has 0 unspecified atom stereocenters. The Hall–Kier alpha value is -0.890. The third kappa shape index (κ3) is 1.54. The highest BCUT2D eigenvalue weighted by Crippen LogP contribution is 2.04. The Morgan fingerprint density at radius 2 is 1.80 bits per heavy atom. The quantitative estimate of drug-likeness (QED) is 0.602. The molecule has 2 heteroatoms. The Kier molecular flexibility index (Phi) is 2.02. The minimum absolute atomic E-state index is 0.292. The van der Waals surface area contributed by atoms with Gasteiger partial charge in [0.15, 0.2) is 0 Å². The van der Waals surface area contributed by atoms with E-state index in [1.807, 2.05) is 19.1 Å². The molecule has 1 radical (unpaired) electrons. The molecule has 51 valence electrons. The fourth-order valence-corrected chi connectivity index (χ4v) is 0.826. The van der Waals surface area contributed by atoms with Crippen molar-refractivity contribution in [3.63, 3.8) is 0 Å². The lowest BCUT2D eigenvalue weighted by atomic mass is 10.2. The van der Waals surface area contributed by atoms with Crippen LogP contribution in [0.4, 0.5) is 0 Å². The van der Waals surface area contributed by atoms with Crippen LogP contribution < -0.4 is 0 Å². The minimum Gasteiger partial charge on any atom is -0.276 e. The van der Waals surface area contributed by atoms with Crippen LogP contribution >= 0.6 is 12.6 Å². The molecular weight excluding hydrogens is 144 g/mol. The highest BCUT2D eigenvalue weighted by molar-refractivity contribution is 7.97. The van der Waals surface area contributed by atoms with Crippen LogP contribution in [-0.4, -0.2) is 5.12 Å². The summed E-state index contributed by atoms with van der Waals surface area (Å²) in [6, 6.07) is 7.23.